The SMILES string of the molecule is COc1ccc(OCNC2=CC[C@H]3[C@@H]4CCc5cc(O)c(OC)cc5[C@H]4CC[C@]23C)cc1. The number of ether oxygens (including phenoxy) is 3. The molecule has 2 aromatic rings. The van der Waals surface area contributed by atoms with Crippen molar-refractivity contribution in [1.29, 1.82) is 0 Å². The lowest BCUT2D eigenvalue weighted by atomic mass is 9.55. The van der Waals surface area contributed by atoms with Gasteiger partial charge in [-0.2, -0.15) is 0 Å². The van der Waals surface area contributed by atoms with Gasteiger partial charge in [-0.25, -0.2) is 0 Å². The quantitative estimate of drug-likeness (QED) is 0.596. The summed E-state index contributed by atoms with van der Waals surface area (Å²) in [5.74, 6) is 4.37. The van der Waals surface area contributed by atoms with Crippen LogP contribution in [0.3, 0.4) is 0 Å². The molecule has 3 aliphatic rings. The molecular formula is C27H33NO4. The average Bonchev–Trinajstić information content (AvgIpc) is 3.15. The van der Waals surface area contributed by atoms with Crippen molar-refractivity contribution in [2.24, 2.45) is 17.3 Å². The highest BCUT2D eigenvalue weighted by Crippen LogP contribution is 2.61. The number of hydrogen-bond acceptors (Lipinski definition) is 5. The smallest absolute Gasteiger partial charge is 0.160 e. The highest BCUT2D eigenvalue weighted by atomic mass is 16.5. The summed E-state index contributed by atoms with van der Waals surface area (Å²) < 4.78 is 16.6. The van der Waals surface area contributed by atoms with Crippen molar-refractivity contribution in [2.75, 3.05) is 21.0 Å². The maximum atomic E-state index is 10.2. The molecule has 5 rings (SSSR count). The van der Waals surface area contributed by atoms with Gasteiger partial charge < -0.3 is 24.6 Å². The topological polar surface area (TPSA) is 60.0 Å². The van der Waals surface area contributed by atoms with Crippen LogP contribution >= 0.6 is 0 Å². The van der Waals surface area contributed by atoms with Crippen molar-refractivity contribution in [3.05, 3.63) is 59.3 Å². The van der Waals surface area contributed by atoms with Gasteiger partial charge in [0.2, 0.25) is 0 Å². The van der Waals surface area contributed by atoms with E-state index in [1.807, 2.05) is 30.3 Å². The van der Waals surface area contributed by atoms with Crippen LogP contribution < -0.4 is 19.5 Å². The Morgan fingerprint density at radius 2 is 1.84 bits per heavy atom. The van der Waals surface area contributed by atoms with Gasteiger partial charge in [0.1, 0.15) is 11.5 Å². The zero-order valence-electron chi connectivity index (χ0n) is 19.2. The van der Waals surface area contributed by atoms with Crippen molar-refractivity contribution < 1.29 is 19.3 Å². The van der Waals surface area contributed by atoms with Crippen molar-refractivity contribution in [3.8, 4) is 23.0 Å². The summed E-state index contributed by atoms with van der Waals surface area (Å²) in [4.78, 5) is 0. The molecule has 4 atom stereocenters. The molecule has 3 aliphatic carbocycles. The molecule has 5 heteroatoms. The van der Waals surface area contributed by atoms with Crippen LogP contribution in [0, 0.1) is 17.3 Å². The molecule has 0 aromatic heterocycles. The number of benzene rings is 2. The highest BCUT2D eigenvalue weighted by Gasteiger charge is 2.52. The van der Waals surface area contributed by atoms with Gasteiger partial charge in [-0.1, -0.05) is 13.0 Å². The lowest BCUT2D eigenvalue weighted by Crippen LogP contribution is -2.43. The Bertz CT molecular complexity index is 1020. The summed E-state index contributed by atoms with van der Waals surface area (Å²) >= 11 is 0. The average molecular weight is 436 g/mol. The standard InChI is InChI=1S/C27H33NO4/c1-27-13-12-20-21(9-4-17-14-24(29)25(31-3)15-22(17)20)23(27)10-11-26(27)28-16-32-19-7-5-18(30-2)6-8-19/h5-8,11,14-15,20-21,23,28-29H,4,9-10,12-13,16H2,1-3H3/t20-,21+,23-,27-/m0/s1. The maximum absolute atomic E-state index is 10.2. The fourth-order valence-electron chi connectivity index (χ4n) is 6.46. The lowest BCUT2D eigenvalue weighted by Gasteiger charge is -2.50. The number of rotatable bonds is 6. The molecule has 0 saturated heterocycles. The zero-order chi connectivity index (χ0) is 22.3. The first-order valence-corrected chi connectivity index (χ1v) is 11.6. The first-order valence-electron chi connectivity index (χ1n) is 11.6. The van der Waals surface area contributed by atoms with E-state index in [-0.39, 0.29) is 11.2 Å². The van der Waals surface area contributed by atoms with Gasteiger partial charge in [-0.05, 0) is 97.4 Å². The minimum atomic E-state index is 0.170. The normalized spacial score (nSPS) is 28.1. The Balaban J connectivity index is 1.27. The van der Waals surface area contributed by atoms with Gasteiger partial charge in [0, 0.05) is 11.1 Å². The first kappa shape index (κ1) is 21.0. The molecule has 0 unspecified atom stereocenters. The van der Waals surface area contributed by atoms with Gasteiger partial charge in [0.15, 0.2) is 18.2 Å². The maximum Gasteiger partial charge on any atom is 0.160 e. The van der Waals surface area contributed by atoms with Crippen molar-refractivity contribution >= 4 is 0 Å². The number of methoxy groups -OCH3 is 2. The summed E-state index contributed by atoms with van der Waals surface area (Å²) in [7, 11) is 3.30. The highest BCUT2D eigenvalue weighted by molar-refractivity contribution is 5.49. The summed E-state index contributed by atoms with van der Waals surface area (Å²) in [5.41, 5.74) is 4.19. The summed E-state index contributed by atoms with van der Waals surface area (Å²) in [5, 5.41) is 13.8. The molecule has 0 aliphatic heterocycles. The third kappa shape index (κ3) is 3.48. The molecule has 0 amide bonds. The van der Waals surface area contributed by atoms with Crippen LogP contribution in [0.4, 0.5) is 0 Å². The van der Waals surface area contributed by atoms with E-state index in [1.54, 1.807) is 14.2 Å². The van der Waals surface area contributed by atoms with E-state index >= 15 is 0 Å². The molecule has 1 saturated carbocycles. The van der Waals surface area contributed by atoms with Crippen LogP contribution in [0.5, 0.6) is 23.0 Å². The summed E-state index contributed by atoms with van der Waals surface area (Å²) in [6, 6.07) is 11.7. The van der Waals surface area contributed by atoms with Crippen LogP contribution in [-0.4, -0.2) is 26.1 Å². The van der Waals surface area contributed by atoms with E-state index in [2.05, 4.69) is 24.4 Å². The number of nitrogens with one attached hydrogen (secondary N) is 1. The Labute approximate surface area is 190 Å². The molecule has 0 heterocycles. The fourth-order valence-corrected chi connectivity index (χ4v) is 6.46. The molecule has 0 bridgehead atoms. The van der Waals surface area contributed by atoms with Crippen molar-refractivity contribution in [2.45, 2.75) is 44.9 Å². The molecular weight excluding hydrogens is 402 g/mol. The number of hydrogen-bond donors (Lipinski definition) is 2. The van der Waals surface area contributed by atoms with Crippen molar-refractivity contribution in [1.82, 2.24) is 5.32 Å². The molecule has 2 N–H and O–H groups in total. The molecule has 170 valence electrons. The van der Waals surface area contributed by atoms with Gasteiger partial charge in [0.25, 0.3) is 0 Å². The summed E-state index contributed by atoms with van der Waals surface area (Å²) in [6.45, 7) is 2.90. The molecule has 2 aromatic carbocycles. The van der Waals surface area contributed by atoms with Crippen LogP contribution in [0.25, 0.3) is 0 Å². The van der Waals surface area contributed by atoms with E-state index in [9.17, 15) is 5.11 Å². The van der Waals surface area contributed by atoms with Gasteiger partial charge in [0.05, 0.1) is 14.2 Å². The number of phenolic OH excluding ortho intramolecular Hbond substituents is 1. The predicted octanol–water partition coefficient (Wildman–Crippen LogP) is 5.39. The minimum Gasteiger partial charge on any atom is -0.504 e. The number of allylic oxidation sites excluding steroid dienone is 2. The summed E-state index contributed by atoms with van der Waals surface area (Å²) in [6.07, 6.45) is 8.06. The van der Waals surface area contributed by atoms with E-state index < -0.39 is 0 Å². The van der Waals surface area contributed by atoms with Crippen molar-refractivity contribution in [3.63, 3.8) is 0 Å². The van der Waals surface area contributed by atoms with Gasteiger partial charge >= 0.3 is 0 Å². The Hall–Kier alpha value is -2.82. The first-order chi connectivity index (χ1) is 15.5. The van der Waals surface area contributed by atoms with E-state index in [0.29, 0.717) is 30.2 Å². The van der Waals surface area contributed by atoms with Gasteiger partial charge in [-0.15, -0.1) is 0 Å². The second kappa shape index (κ2) is 8.27. The molecule has 5 nitrogen and oxygen atoms in total. The van der Waals surface area contributed by atoms with Gasteiger partial charge in [-0.3, -0.25) is 0 Å². The third-order valence-electron chi connectivity index (χ3n) is 8.17. The third-order valence-corrected chi connectivity index (χ3v) is 8.17. The molecule has 1 fully saturated rings. The number of aryl methyl sites for hydroxylation is 1. The van der Waals surface area contributed by atoms with Crippen LogP contribution in [-0.2, 0) is 6.42 Å². The second-order valence-electron chi connectivity index (χ2n) is 9.59. The van der Waals surface area contributed by atoms with E-state index in [1.165, 1.54) is 23.2 Å². The monoisotopic (exact) mass is 435 g/mol. The molecule has 0 spiro atoms. The Morgan fingerprint density at radius 1 is 1.06 bits per heavy atom. The van der Waals surface area contributed by atoms with Crippen LogP contribution in [0.15, 0.2) is 48.2 Å². The Morgan fingerprint density at radius 3 is 2.59 bits per heavy atom. The molecule has 32 heavy (non-hydrogen) atoms. The number of aromatic hydroxyl groups is 1. The number of phenols is 1. The second-order valence-corrected chi connectivity index (χ2v) is 9.59. The number of fused-ring (bicyclic) bond motifs is 5. The molecule has 0 radical (unpaired) electrons. The fraction of sp³-hybridized carbons (Fsp3) is 0.481. The predicted molar refractivity (Wildman–Crippen MR) is 124 cm³/mol. The zero-order valence-corrected chi connectivity index (χ0v) is 19.2. The van der Waals surface area contributed by atoms with E-state index in [0.717, 1.165) is 37.2 Å². The largest absolute Gasteiger partial charge is 0.504 e. The minimum absolute atomic E-state index is 0.170. The Kier molecular flexibility index (Phi) is 5.44. The van der Waals surface area contributed by atoms with E-state index in [4.69, 9.17) is 14.2 Å². The van der Waals surface area contributed by atoms with Crippen LogP contribution in [0.1, 0.15) is 49.7 Å². The lowest BCUT2D eigenvalue weighted by molar-refractivity contribution is 0.0684. The van der Waals surface area contributed by atoms with Crippen LogP contribution in [0.2, 0.25) is 0 Å².